The Bertz CT molecular complexity index is 360. The molecule has 0 amide bonds. The summed E-state index contributed by atoms with van der Waals surface area (Å²) in [6.07, 6.45) is 3.39. The first-order valence-electron chi connectivity index (χ1n) is 2.90. The molecule has 1 N–H and O–H groups in total. The number of nitrogens with one attached hydrogen (secondary N) is 1. The highest BCUT2D eigenvalue weighted by molar-refractivity contribution is 5.76. The van der Waals surface area contributed by atoms with Crippen LogP contribution in [0, 0.1) is 4.91 Å². The summed E-state index contributed by atoms with van der Waals surface area (Å²) < 4.78 is 1.26. The minimum absolute atomic E-state index is 0.745. The normalized spacial score (nSPS) is 10.4. The Balaban J connectivity index is 2.88. The van der Waals surface area contributed by atoms with Crippen LogP contribution in [0.1, 0.15) is 0 Å². The molecule has 2 aromatic rings. The van der Waals surface area contributed by atoms with Crippen LogP contribution in [0.4, 0.5) is 0 Å². The topological polar surface area (TPSA) is 50.1 Å². The fourth-order valence-electron chi connectivity index (χ4n) is 0.999. The van der Waals surface area contributed by atoms with Crippen LogP contribution in [0.15, 0.2) is 29.8 Å². The minimum Gasteiger partial charge on any atom is -0.346 e. The summed E-state index contributed by atoms with van der Waals surface area (Å²) in [5.41, 5.74) is 0.745. The zero-order valence-electron chi connectivity index (χ0n) is 5.11. The number of hydrogen-bond donors (Lipinski definition) is 1. The van der Waals surface area contributed by atoms with Gasteiger partial charge >= 0.3 is 0 Å². The van der Waals surface area contributed by atoms with Crippen LogP contribution in [0.5, 0.6) is 0 Å². The van der Waals surface area contributed by atoms with Crippen molar-refractivity contribution in [2.24, 2.45) is 5.29 Å². The van der Waals surface area contributed by atoms with Gasteiger partial charge in [0, 0.05) is 17.8 Å². The molecule has 0 saturated heterocycles. The maximum atomic E-state index is 10.1. The predicted molar refractivity (Wildman–Crippen MR) is 37.5 cm³/mol. The molecule has 2 rings (SSSR count). The first-order chi connectivity index (χ1) is 4.92. The van der Waals surface area contributed by atoms with Crippen molar-refractivity contribution in [3.8, 4) is 0 Å². The van der Waals surface area contributed by atoms with Crippen molar-refractivity contribution in [3.63, 3.8) is 0 Å². The molecule has 0 spiro atoms. The largest absolute Gasteiger partial charge is 0.346 e. The van der Waals surface area contributed by atoms with E-state index in [2.05, 4.69) is 10.3 Å². The molecular weight excluding hydrogens is 130 g/mol. The lowest BCUT2D eigenvalue weighted by atomic mass is 10.4. The molecule has 50 valence electrons. The van der Waals surface area contributed by atoms with E-state index in [1.54, 1.807) is 12.4 Å². The highest BCUT2D eigenvalue weighted by Gasteiger charge is 1.98. The fourth-order valence-corrected chi connectivity index (χ4v) is 0.999. The van der Waals surface area contributed by atoms with E-state index in [0.29, 0.717) is 0 Å². The van der Waals surface area contributed by atoms with Gasteiger partial charge in [0.15, 0.2) is 0 Å². The summed E-state index contributed by atoms with van der Waals surface area (Å²) in [6.45, 7) is 0. The molecule has 2 aromatic heterocycles. The average Bonchev–Trinajstić information content (AvgIpc) is 2.44. The molecule has 0 aliphatic rings. The number of aromatic amines is 1. The van der Waals surface area contributed by atoms with Crippen LogP contribution in [-0.2, 0) is 0 Å². The van der Waals surface area contributed by atoms with Crippen molar-refractivity contribution in [2.45, 2.75) is 0 Å². The van der Waals surface area contributed by atoms with Gasteiger partial charge in [-0.15, -0.1) is 4.91 Å². The lowest BCUT2D eigenvalue weighted by Gasteiger charge is -1.83. The van der Waals surface area contributed by atoms with Crippen molar-refractivity contribution in [1.82, 2.24) is 9.66 Å². The van der Waals surface area contributed by atoms with Gasteiger partial charge in [-0.1, -0.05) is 0 Å². The number of nitrogens with zero attached hydrogens (tertiary/aromatic N) is 2. The molecule has 0 aliphatic carbocycles. The Labute approximate surface area is 56.4 Å². The Hall–Kier alpha value is -1.58. The second kappa shape index (κ2) is 1.70. The molecule has 0 aliphatic heterocycles. The summed E-state index contributed by atoms with van der Waals surface area (Å²) in [4.78, 5) is 13.0. The molecule has 0 fully saturated rings. The number of hydrogen-bond acceptors (Lipinski definition) is 2. The van der Waals surface area contributed by atoms with E-state index in [1.165, 1.54) is 4.68 Å². The third kappa shape index (κ3) is 0.500. The number of aromatic nitrogens is 2. The first-order valence-corrected chi connectivity index (χ1v) is 2.90. The maximum Gasteiger partial charge on any atom is 0.142 e. The quantitative estimate of drug-likeness (QED) is 0.592. The smallest absolute Gasteiger partial charge is 0.142 e. The third-order valence-electron chi connectivity index (χ3n) is 1.47. The van der Waals surface area contributed by atoms with Crippen molar-refractivity contribution in [1.29, 1.82) is 0 Å². The van der Waals surface area contributed by atoms with E-state index in [-0.39, 0.29) is 0 Å². The van der Waals surface area contributed by atoms with Crippen molar-refractivity contribution < 1.29 is 0 Å². The Kier molecular flexibility index (Phi) is 0.887. The summed E-state index contributed by atoms with van der Waals surface area (Å²) in [7, 11) is 0. The fraction of sp³-hybridized carbons (Fsp3) is 0. The van der Waals surface area contributed by atoms with Gasteiger partial charge in [-0.05, 0) is 12.1 Å². The van der Waals surface area contributed by atoms with Gasteiger partial charge < -0.3 is 4.98 Å². The summed E-state index contributed by atoms with van der Waals surface area (Å²) in [6, 6.07) is 3.71. The van der Waals surface area contributed by atoms with Crippen LogP contribution >= 0.6 is 0 Å². The van der Waals surface area contributed by atoms with E-state index < -0.39 is 0 Å². The molecule has 4 nitrogen and oxygen atoms in total. The van der Waals surface area contributed by atoms with Gasteiger partial charge in [-0.2, -0.15) is 4.68 Å². The van der Waals surface area contributed by atoms with E-state index in [9.17, 15) is 4.91 Å². The number of fused-ring (bicyclic) bond motifs is 1. The van der Waals surface area contributed by atoms with E-state index in [0.717, 1.165) is 11.0 Å². The van der Waals surface area contributed by atoms with Gasteiger partial charge in [0.2, 0.25) is 0 Å². The number of H-pyrrole nitrogens is 1. The van der Waals surface area contributed by atoms with E-state index >= 15 is 0 Å². The molecule has 2 heterocycles. The van der Waals surface area contributed by atoms with E-state index in [4.69, 9.17) is 0 Å². The lowest BCUT2D eigenvalue weighted by molar-refractivity contribution is 0.899. The van der Waals surface area contributed by atoms with Crippen LogP contribution in [-0.4, -0.2) is 9.66 Å². The zero-order valence-corrected chi connectivity index (χ0v) is 5.11. The molecule has 10 heavy (non-hydrogen) atoms. The minimum atomic E-state index is 0.745. The molecule has 0 bridgehead atoms. The Morgan fingerprint density at radius 2 is 2.40 bits per heavy atom. The van der Waals surface area contributed by atoms with Gasteiger partial charge in [0.25, 0.3) is 0 Å². The second-order valence-corrected chi connectivity index (χ2v) is 2.02. The van der Waals surface area contributed by atoms with Gasteiger partial charge in [0.05, 0.1) is 5.29 Å². The van der Waals surface area contributed by atoms with Gasteiger partial charge in [-0.3, -0.25) is 0 Å². The van der Waals surface area contributed by atoms with Gasteiger partial charge in [-0.25, -0.2) is 0 Å². The summed E-state index contributed by atoms with van der Waals surface area (Å²) in [5, 5.41) is 3.77. The van der Waals surface area contributed by atoms with Crippen molar-refractivity contribution in [3.05, 3.63) is 29.4 Å². The van der Waals surface area contributed by atoms with Crippen LogP contribution in [0.2, 0.25) is 0 Å². The average molecular weight is 135 g/mol. The lowest BCUT2D eigenvalue weighted by Crippen LogP contribution is -1.81. The predicted octanol–water partition coefficient (Wildman–Crippen LogP) is 1.50. The van der Waals surface area contributed by atoms with E-state index in [1.807, 2.05) is 12.1 Å². The van der Waals surface area contributed by atoms with Crippen molar-refractivity contribution >= 4 is 11.0 Å². The second-order valence-electron chi connectivity index (χ2n) is 2.02. The molecule has 0 saturated carbocycles. The van der Waals surface area contributed by atoms with Crippen molar-refractivity contribution in [2.75, 3.05) is 0 Å². The first kappa shape index (κ1) is 5.22. The van der Waals surface area contributed by atoms with Gasteiger partial charge in [0.1, 0.15) is 5.65 Å². The zero-order chi connectivity index (χ0) is 6.97. The molecule has 0 aromatic carbocycles. The molecular formula is C6H5N3O. The molecule has 0 unspecified atom stereocenters. The monoisotopic (exact) mass is 135 g/mol. The number of nitroso groups, excluding NO2 is 1. The summed E-state index contributed by atoms with van der Waals surface area (Å²) in [5.74, 6) is 0. The molecule has 0 atom stereocenters. The standard InChI is InChI=1S/C6H5N3O/c10-8-9-4-2-5-1-3-7-6(5)9/h1-4,7H. The molecule has 0 radical (unpaired) electrons. The summed E-state index contributed by atoms with van der Waals surface area (Å²) >= 11 is 0. The van der Waals surface area contributed by atoms with Crippen LogP contribution in [0.25, 0.3) is 11.0 Å². The third-order valence-corrected chi connectivity index (χ3v) is 1.47. The maximum absolute atomic E-state index is 10.1. The van der Waals surface area contributed by atoms with Crippen LogP contribution in [0.3, 0.4) is 0 Å². The molecule has 4 heteroatoms. The Morgan fingerprint density at radius 1 is 1.50 bits per heavy atom. The number of rotatable bonds is 1. The van der Waals surface area contributed by atoms with Crippen LogP contribution < -0.4 is 0 Å². The highest BCUT2D eigenvalue weighted by Crippen LogP contribution is 2.12. The highest BCUT2D eigenvalue weighted by atomic mass is 16.3. The Morgan fingerprint density at radius 3 is 3.20 bits per heavy atom. The SMILES string of the molecule is O=Nn1ccc2cc[nH]c21.